The smallest absolute Gasteiger partial charge is 0.322 e. The summed E-state index contributed by atoms with van der Waals surface area (Å²) in [6.45, 7) is 0.457. The van der Waals surface area contributed by atoms with Gasteiger partial charge in [0.15, 0.2) is 0 Å². The highest BCUT2D eigenvalue weighted by atomic mass is 16.4. The van der Waals surface area contributed by atoms with Crippen LogP contribution in [0.3, 0.4) is 0 Å². The molecule has 1 saturated heterocycles. The zero-order chi connectivity index (χ0) is 26.9. The van der Waals surface area contributed by atoms with Crippen LogP contribution in [0, 0.1) is 11.8 Å². The van der Waals surface area contributed by atoms with Gasteiger partial charge >= 0.3 is 5.97 Å². The number of hydrogen-bond acceptors (Lipinski definition) is 4. The van der Waals surface area contributed by atoms with Crippen LogP contribution < -0.4 is 5.32 Å². The lowest BCUT2D eigenvalue weighted by Gasteiger charge is -2.45. The number of phenolic OH excluding ortho intramolecular Hbond substituents is 1. The fraction of sp³-hybridized carbons (Fsp3) is 0.440. The van der Waals surface area contributed by atoms with Crippen molar-refractivity contribution < 1.29 is 26.7 Å². The number of benzene rings is 2. The molecule has 1 fully saturated rings. The predicted octanol–water partition coefficient (Wildman–Crippen LogP) is 3.05. The number of piperidine rings is 1. The molecular weight excluding hydrogens is 392 g/mol. The first kappa shape index (κ1) is 16.8. The highest BCUT2D eigenvalue weighted by Crippen LogP contribution is 2.40. The Kier molecular flexibility index (Phi) is 5.40. The van der Waals surface area contributed by atoms with Crippen molar-refractivity contribution >= 4 is 11.9 Å². The van der Waals surface area contributed by atoms with Crippen molar-refractivity contribution in [2.45, 2.75) is 32.1 Å². The molecule has 0 radical (unpaired) electrons. The van der Waals surface area contributed by atoms with Crippen molar-refractivity contribution in [1.29, 1.82) is 0 Å². The number of likely N-dealkylation sites (tertiary alicyclic amines) is 1. The Labute approximate surface area is 190 Å². The molecule has 0 unspecified atom stereocenters. The number of nitrogens with zero attached hydrogens (tertiary/aromatic N) is 1. The van der Waals surface area contributed by atoms with Gasteiger partial charge < -0.3 is 20.4 Å². The molecule has 1 heterocycles. The van der Waals surface area contributed by atoms with E-state index in [1.165, 1.54) is 29.2 Å². The zero-order valence-corrected chi connectivity index (χ0v) is 17.8. The molecular formula is C25H32N2O4. The summed E-state index contributed by atoms with van der Waals surface area (Å²) in [5.41, 5.74) is 0.384. The summed E-state index contributed by atoms with van der Waals surface area (Å²) in [6, 6.07) is 14.3. The van der Waals surface area contributed by atoms with E-state index in [1.54, 1.807) is 24.3 Å². The molecule has 6 heteroatoms. The van der Waals surface area contributed by atoms with Gasteiger partial charge in [-0.25, -0.2) is 0 Å². The van der Waals surface area contributed by atoms with E-state index in [-0.39, 0.29) is 30.3 Å². The van der Waals surface area contributed by atoms with Crippen molar-refractivity contribution in [2.75, 3.05) is 26.1 Å². The Morgan fingerprint density at radius 2 is 2.03 bits per heavy atom. The van der Waals surface area contributed by atoms with E-state index in [4.69, 9.17) is 12.0 Å². The molecule has 31 heavy (non-hydrogen) atoms. The van der Waals surface area contributed by atoms with Crippen molar-refractivity contribution in [1.82, 2.24) is 10.2 Å². The molecule has 1 aliphatic heterocycles. The van der Waals surface area contributed by atoms with E-state index in [9.17, 15) is 14.7 Å². The maximum Gasteiger partial charge on any atom is 0.322 e. The number of carbonyl (C=O) groups excluding carboxylic acids is 1. The molecule has 3 atom stereocenters. The van der Waals surface area contributed by atoms with Gasteiger partial charge in [0.2, 0.25) is 5.91 Å². The van der Waals surface area contributed by atoms with Crippen LogP contribution in [0.15, 0.2) is 54.6 Å². The fourth-order valence-electron chi connectivity index (χ4n) is 3.83. The number of amides is 1. The molecule has 2 aromatic rings. The minimum Gasteiger partial charge on any atom is -0.508 e. The van der Waals surface area contributed by atoms with Crippen LogP contribution in [0.2, 0.25) is 0 Å². The third-order valence-corrected chi connectivity index (χ3v) is 5.93. The van der Waals surface area contributed by atoms with Gasteiger partial charge in [-0.15, -0.1) is 0 Å². The molecule has 2 aromatic carbocycles. The van der Waals surface area contributed by atoms with Gasteiger partial charge in [0.1, 0.15) is 12.3 Å². The SMILES string of the molecule is [2H]C([2H])(c1ccccc1)[C@]([2H])(C(=O)NCC(=O)O)C([2H])([2H])N1CC[C@@](C)(c2cccc(O)c2)[C@@H](C)C1. The lowest BCUT2D eigenvalue weighted by atomic mass is 9.68. The number of aromatic hydroxyl groups is 1. The molecule has 3 N–H and O–H groups in total. The van der Waals surface area contributed by atoms with E-state index in [2.05, 4.69) is 0 Å². The molecule has 1 aliphatic rings. The van der Waals surface area contributed by atoms with Crippen molar-refractivity contribution in [3.63, 3.8) is 0 Å². The monoisotopic (exact) mass is 429 g/mol. The number of carboxylic acids is 1. The molecule has 1 amide bonds. The number of nitrogens with one attached hydrogen (secondary N) is 1. The zero-order valence-electron chi connectivity index (χ0n) is 22.8. The molecule has 0 aromatic heterocycles. The average Bonchev–Trinajstić information content (AvgIpc) is 2.83. The molecule has 6 nitrogen and oxygen atoms in total. The molecule has 0 aliphatic carbocycles. The predicted molar refractivity (Wildman–Crippen MR) is 120 cm³/mol. The Bertz CT molecular complexity index is 1120. The van der Waals surface area contributed by atoms with Gasteiger partial charge in [-0.3, -0.25) is 9.59 Å². The van der Waals surface area contributed by atoms with Crippen LogP contribution >= 0.6 is 0 Å². The van der Waals surface area contributed by atoms with Crippen LogP contribution in [-0.4, -0.2) is 53.1 Å². The van der Waals surface area contributed by atoms with Gasteiger partial charge in [0, 0.05) is 19.9 Å². The number of phenols is 1. The van der Waals surface area contributed by atoms with E-state index in [0.29, 0.717) is 6.42 Å². The normalized spacial score (nSPS) is 26.9. The summed E-state index contributed by atoms with van der Waals surface area (Å²) in [5.74, 6) is -5.85. The molecule has 0 saturated carbocycles. The molecule has 0 bridgehead atoms. The van der Waals surface area contributed by atoms with Crippen molar-refractivity contribution in [2.24, 2.45) is 11.8 Å². The van der Waals surface area contributed by atoms with Crippen molar-refractivity contribution in [3.05, 3.63) is 65.7 Å². The Balaban J connectivity index is 2.01. The topological polar surface area (TPSA) is 89.9 Å². The number of rotatable bonds is 8. The first-order chi connectivity index (χ1) is 16.7. The maximum atomic E-state index is 13.3. The van der Waals surface area contributed by atoms with Gasteiger partial charge in [-0.1, -0.05) is 56.3 Å². The van der Waals surface area contributed by atoms with Crippen LogP contribution in [-0.2, 0) is 21.4 Å². The summed E-state index contributed by atoms with van der Waals surface area (Å²) in [7, 11) is 0. The standard InChI is InChI=1S/C25H32N2O4/c1-18-16-27(12-11-25(18,2)21-9-6-10-22(28)14-21)17-20(24(31)26-15-23(29)30)13-19-7-4-3-5-8-19/h3-10,14,18,20,28H,11-13,15-17H2,1-2H3,(H,26,31)(H,29,30)/t18-,20-,25+/m0/s1/i13D2,17D2,20D. The molecule has 166 valence electrons. The molecule has 0 spiro atoms. The summed E-state index contributed by atoms with van der Waals surface area (Å²) < 4.78 is 44.6. The van der Waals surface area contributed by atoms with Gasteiger partial charge in [0.05, 0.1) is 5.89 Å². The first-order valence-electron chi connectivity index (χ1n) is 12.8. The van der Waals surface area contributed by atoms with Gasteiger partial charge in [0.25, 0.3) is 0 Å². The number of carboxylic acid groups (broad SMARTS) is 1. The number of aliphatic carboxylic acids is 1. The summed E-state index contributed by atoms with van der Waals surface area (Å²) >= 11 is 0. The van der Waals surface area contributed by atoms with E-state index in [0.717, 1.165) is 5.56 Å². The summed E-state index contributed by atoms with van der Waals surface area (Å²) in [4.78, 5) is 25.6. The Morgan fingerprint density at radius 3 is 2.68 bits per heavy atom. The molecule has 3 rings (SSSR count). The Hall–Kier alpha value is -2.86. The summed E-state index contributed by atoms with van der Waals surface area (Å²) in [5, 5.41) is 21.0. The van der Waals surface area contributed by atoms with Gasteiger partial charge in [-0.2, -0.15) is 0 Å². The van der Waals surface area contributed by atoms with Gasteiger partial charge in [-0.05, 0) is 53.9 Å². The van der Waals surface area contributed by atoms with Crippen LogP contribution in [0.4, 0.5) is 0 Å². The highest BCUT2D eigenvalue weighted by molar-refractivity contribution is 5.83. The van der Waals surface area contributed by atoms with Crippen LogP contribution in [0.1, 0.15) is 38.2 Å². The quantitative estimate of drug-likeness (QED) is 0.600. The Morgan fingerprint density at radius 1 is 1.29 bits per heavy atom. The third kappa shape index (κ3) is 5.85. The summed E-state index contributed by atoms with van der Waals surface area (Å²) in [6.07, 6.45) is -2.38. The lowest BCUT2D eigenvalue weighted by Crippen LogP contribution is -2.50. The second-order valence-corrected chi connectivity index (χ2v) is 8.12. The third-order valence-electron chi connectivity index (χ3n) is 5.93. The highest BCUT2D eigenvalue weighted by Gasteiger charge is 2.39. The first-order valence-corrected chi connectivity index (χ1v) is 10.3. The second kappa shape index (κ2) is 9.96. The maximum absolute atomic E-state index is 13.3. The second-order valence-electron chi connectivity index (χ2n) is 8.12. The lowest BCUT2D eigenvalue weighted by molar-refractivity contribution is -0.138. The minimum atomic E-state index is -3.05. The number of hydrogen-bond donors (Lipinski definition) is 3. The fourth-order valence-corrected chi connectivity index (χ4v) is 3.83. The van der Waals surface area contributed by atoms with E-state index in [1.807, 2.05) is 25.2 Å². The van der Waals surface area contributed by atoms with Crippen LogP contribution in [0.25, 0.3) is 0 Å². The van der Waals surface area contributed by atoms with Crippen LogP contribution in [0.5, 0.6) is 5.75 Å². The van der Waals surface area contributed by atoms with E-state index < -0.39 is 42.6 Å². The number of carbonyl (C=O) groups is 2. The largest absolute Gasteiger partial charge is 0.508 e. The average molecular weight is 430 g/mol. The van der Waals surface area contributed by atoms with E-state index >= 15 is 0 Å². The van der Waals surface area contributed by atoms with Crippen molar-refractivity contribution in [3.8, 4) is 5.75 Å². The minimum absolute atomic E-state index is 0.0657.